The largest absolute Gasteiger partial charge is 0.508 e. The number of hydrogen-bond donors (Lipinski definition) is 2. The summed E-state index contributed by atoms with van der Waals surface area (Å²) in [6.07, 6.45) is 2.23. The quantitative estimate of drug-likeness (QED) is 0.785. The molecule has 2 nitrogen and oxygen atoms in total. The van der Waals surface area contributed by atoms with Crippen LogP contribution in [0.3, 0.4) is 0 Å². The number of phenolic OH excluding ortho intramolecular Hbond substituents is 1. The molecule has 1 atom stereocenters. The van der Waals surface area contributed by atoms with Crippen LogP contribution in [-0.2, 0) is 6.54 Å². The van der Waals surface area contributed by atoms with E-state index in [9.17, 15) is 9.50 Å². The molecule has 0 spiro atoms. The van der Waals surface area contributed by atoms with Crippen molar-refractivity contribution in [1.29, 1.82) is 0 Å². The third kappa shape index (κ3) is 4.30. The Morgan fingerprint density at radius 1 is 1.40 bits per heavy atom. The second-order valence-corrected chi connectivity index (χ2v) is 3.89. The van der Waals surface area contributed by atoms with Gasteiger partial charge in [-0.05, 0) is 31.0 Å². The minimum atomic E-state index is -0.394. The molecule has 0 radical (unpaired) electrons. The molecule has 0 aliphatic carbocycles. The first-order chi connectivity index (χ1) is 7.11. The van der Waals surface area contributed by atoms with Crippen molar-refractivity contribution in [2.45, 2.75) is 39.3 Å². The number of phenols is 1. The van der Waals surface area contributed by atoms with Crippen molar-refractivity contribution in [2.24, 2.45) is 0 Å². The molecule has 0 aliphatic rings. The number of halogens is 1. The van der Waals surface area contributed by atoms with E-state index in [4.69, 9.17) is 0 Å². The molecule has 0 aromatic heterocycles. The van der Waals surface area contributed by atoms with Gasteiger partial charge in [0, 0.05) is 18.7 Å². The van der Waals surface area contributed by atoms with Crippen LogP contribution in [-0.4, -0.2) is 11.1 Å². The maximum Gasteiger partial charge on any atom is 0.127 e. The van der Waals surface area contributed by atoms with Crippen molar-refractivity contribution in [3.05, 3.63) is 29.6 Å². The minimum Gasteiger partial charge on any atom is -0.508 e. The van der Waals surface area contributed by atoms with Crippen LogP contribution in [0.5, 0.6) is 5.75 Å². The molecule has 0 fully saturated rings. The molecule has 0 aliphatic heterocycles. The maximum atomic E-state index is 12.9. The predicted octanol–water partition coefficient (Wildman–Crippen LogP) is 2.81. The molecule has 2 N–H and O–H groups in total. The van der Waals surface area contributed by atoms with Crippen molar-refractivity contribution in [1.82, 2.24) is 5.32 Å². The minimum absolute atomic E-state index is 0.0186. The fourth-order valence-corrected chi connectivity index (χ4v) is 1.56. The first kappa shape index (κ1) is 12.0. The molecule has 15 heavy (non-hydrogen) atoms. The van der Waals surface area contributed by atoms with Gasteiger partial charge in [-0.1, -0.05) is 13.3 Å². The highest BCUT2D eigenvalue weighted by Crippen LogP contribution is 2.14. The smallest absolute Gasteiger partial charge is 0.127 e. The highest BCUT2D eigenvalue weighted by molar-refractivity contribution is 5.28. The molecule has 1 aromatic rings. The Morgan fingerprint density at radius 2 is 2.13 bits per heavy atom. The Kier molecular flexibility index (Phi) is 4.56. The molecule has 0 amide bonds. The van der Waals surface area contributed by atoms with Crippen LogP contribution < -0.4 is 5.32 Å². The van der Waals surface area contributed by atoms with Gasteiger partial charge in [0.15, 0.2) is 0 Å². The number of benzene rings is 1. The predicted molar refractivity (Wildman–Crippen MR) is 59.3 cm³/mol. The fraction of sp³-hybridized carbons (Fsp3) is 0.500. The van der Waals surface area contributed by atoms with Crippen LogP contribution in [0.2, 0.25) is 0 Å². The van der Waals surface area contributed by atoms with Gasteiger partial charge in [-0.3, -0.25) is 0 Å². The van der Waals surface area contributed by atoms with Crippen molar-refractivity contribution in [2.75, 3.05) is 0 Å². The van der Waals surface area contributed by atoms with Gasteiger partial charge in [-0.25, -0.2) is 4.39 Å². The van der Waals surface area contributed by atoms with E-state index in [0.29, 0.717) is 12.6 Å². The summed E-state index contributed by atoms with van der Waals surface area (Å²) in [5.41, 5.74) is 0.774. The molecular weight excluding hydrogens is 193 g/mol. The Morgan fingerprint density at radius 3 is 2.73 bits per heavy atom. The molecule has 0 saturated carbocycles. The second-order valence-electron chi connectivity index (χ2n) is 3.89. The monoisotopic (exact) mass is 211 g/mol. The van der Waals surface area contributed by atoms with E-state index in [0.717, 1.165) is 24.5 Å². The molecule has 84 valence electrons. The van der Waals surface area contributed by atoms with E-state index in [1.54, 1.807) is 6.07 Å². The highest BCUT2D eigenvalue weighted by Gasteiger charge is 2.02. The molecule has 0 saturated heterocycles. The van der Waals surface area contributed by atoms with Crippen molar-refractivity contribution in [3.8, 4) is 5.75 Å². The number of hydrogen-bond acceptors (Lipinski definition) is 2. The number of aromatic hydroxyl groups is 1. The number of nitrogens with one attached hydrogen (secondary N) is 1. The fourth-order valence-electron chi connectivity index (χ4n) is 1.56. The van der Waals surface area contributed by atoms with Gasteiger partial charge < -0.3 is 10.4 Å². The molecule has 0 heterocycles. The third-order valence-corrected chi connectivity index (χ3v) is 2.32. The van der Waals surface area contributed by atoms with Gasteiger partial charge in [-0.15, -0.1) is 0 Å². The first-order valence-electron chi connectivity index (χ1n) is 5.33. The maximum absolute atomic E-state index is 12.9. The molecule has 1 aromatic carbocycles. The lowest BCUT2D eigenvalue weighted by Gasteiger charge is -2.12. The summed E-state index contributed by atoms with van der Waals surface area (Å²) in [4.78, 5) is 0. The topological polar surface area (TPSA) is 32.3 Å². The first-order valence-corrected chi connectivity index (χ1v) is 5.33. The lowest BCUT2D eigenvalue weighted by Crippen LogP contribution is -2.25. The van der Waals surface area contributed by atoms with Gasteiger partial charge in [0.25, 0.3) is 0 Å². The highest BCUT2D eigenvalue weighted by atomic mass is 19.1. The van der Waals surface area contributed by atoms with E-state index in [-0.39, 0.29) is 5.75 Å². The van der Waals surface area contributed by atoms with Gasteiger partial charge >= 0.3 is 0 Å². The summed E-state index contributed by atoms with van der Waals surface area (Å²) < 4.78 is 12.9. The Labute approximate surface area is 90.1 Å². The van der Waals surface area contributed by atoms with Gasteiger partial charge in [0.05, 0.1) is 0 Å². The zero-order valence-electron chi connectivity index (χ0n) is 9.26. The van der Waals surface area contributed by atoms with Gasteiger partial charge in [0.2, 0.25) is 0 Å². The van der Waals surface area contributed by atoms with Crippen LogP contribution in [0.1, 0.15) is 32.3 Å². The van der Waals surface area contributed by atoms with E-state index in [1.807, 2.05) is 0 Å². The lowest BCUT2D eigenvalue weighted by atomic mass is 10.1. The molecular formula is C12H18FNO. The van der Waals surface area contributed by atoms with Crippen LogP contribution in [0.25, 0.3) is 0 Å². The molecule has 0 bridgehead atoms. The van der Waals surface area contributed by atoms with Crippen LogP contribution >= 0.6 is 0 Å². The standard InChI is InChI=1S/C12H18FNO/c1-3-4-9(2)14-8-10-5-11(13)7-12(15)6-10/h5-7,9,14-15H,3-4,8H2,1-2H3. The average Bonchev–Trinajstić information content (AvgIpc) is 2.14. The molecule has 1 unspecified atom stereocenters. The van der Waals surface area contributed by atoms with Crippen LogP contribution in [0.4, 0.5) is 4.39 Å². The normalized spacial score (nSPS) is 12.7. The Balaban J connectivity index is 2.50. The third-order valence-electron chi connectivity index (χ3n) is 2.32. The SMILES string of the molecule is CCCC(C)NCc1cc(O)cc(F)c1. The van der Waals surface area contributed by atoms with Crippen molar-refractivity contribution < 1.29 is 9.50 Å². The van der Waals surface area contributed by atoms with Crippen molar-refractivity contribution >= 4 is 0 Å². The van der Waals surface area contributed by atoms with Crippen LogP contribution in [0, 0.1) is 5.82 Å². The lowest BCUT2D eigenvalue weighted by molar-refractivity contribution is 0.464. The second kappa shape index (κ2) is 5.71. The summed E-state index contributed by atoms with van der Waals surface area (Å²) in [5.74, 6) is -0.412. The van der Waals surface area contributed by atoms with Crippen LogP contribution in [0.15, 0.2) is 18.2 Å². The molecule has 1 rings (SSSR count). The summed E-state index contributed by atoms with van der Waals surface area (Å²) in [7, 11) is 0. The summed E-state index contributed by atoms with van der Waals surface area (Å²) in [6, 6.07) is 4.54. The summed E-state index contributed by atoms with van der Waals surface area (Å²) in [5, 5.41) is 12.5. The van der Waals surface area contributed by atoms with E-state index in [1.165, 1.54) is 6.07 Å². The summed E-state index contributed by atoms with van der Waals surface area (Å²) >= 11 is 0. The Hall–Kier alpha value is -1.09. The molecule has 3 heteroatoms. The zero-order chi connectivity index (χ0) is 11.3. The van der Waals surface area contributed by atoms with Gasteiger partial charge in [0.1, 0.15) is 11.6 Å². The number of rotatable bonds is 5. The van der Waals surface area contributed by atoms with Gasteiger partial charge in [-0.2, -0.15) is 0 Å². The zero-order valence-corrected chi connectivity index (χ0v) is 9.26. The Bertz CT molecular complexity index is 294. The van der Waals surface area contributed by atoms with Crippen molar-refractivity contribution in [3.63, 3.8) is 0 Å². The van der Waals surface area contributed by atoms with E-state index in [2.05, 4.69) is 19.2 Å². The van der Waals surface area contributed by atoms with E-state index >= 15 is 0 Å². The van der Waals surface area contributed by atoms with E-state index < -0.39 is 5.82 Å². The summed E-state index contributed by atoms with van der Waals surface area (Å²) in [6.45, 7) is 4.82. The average molecular weight is 211 g/mol.